The summed E-state index contributed by atoms with van der Waals surface area (Å²) in [6.07, 6.45) is 0.676. The molecule has 1 heterocycles. The summed E-state index contributed by atoms with van der Waals surface area (Å²) in [5.41, 5.74) is -0.340. The molecule has 0 aliphatic rings. The van der Waals surface area contributed by atoms with Gasteiger partial charge in [-0.15, -0.1) is 0 Å². The third-order valence-electron chi connectivity index (χ3n) is 3.08. The smallest absolute Gasteiger partial charge is 0.349 e. The molecule has 1 aromatic carbocycles. The van der Waals surface area contributed by atoms with Crippen LogP contribution in [0, 0.1) is 0 Å². The number of methoxy groups -OCH3 is 1. The minimum Gasteiger partial charge on any atom is -0.490 e. The number of hydrogen-bond donors (Lipinski definition) is 1. The number of rotatable bonds is 7. The number of amides is 1. The molecule has 6 heteroatoms. The Balaban J connectivity index is 2.26. The van der Waals surface area contributed by atoms with Gasteiger partial charge in [0, 0.05) is 25.6 Å². The van der Waals surface area contributed by atoms with Crippen molar-refractivity contribution in [2.24, 2.45) is 0 Å². The van der Waals surface area contributed by atoms with Gasteiger partial charge < -0.3 is 19.2 Å². The van der Waals surface area contributed by atoms with Gasteiger partial charge in [-0.25, -0.2) is 4.79 Å². The zero-order chi connectivity index (χ0) is 15.9. The van der Waals surface area contributed by atoms with Crippen LogP contribution in [0.4, 0.5) is 0 Å². The number of carbonyl (C=O) groups is 1. The summed E-state index contributed by atoms with van der Waals surface area (Å²) in [6.45, 7) is 3.29. The molecule has 0 unspecified atom stereocenters. The lowest BCUT2D eigenvalue weighted by Gasteiger charge is -2.07. The first-order valence-corrected chi connectivity index (χ1v) is 7.14. The van der Waals surface area contributed by atoms with Crippen LogP contribution in [0.5, 0.6) is 5.75 Å². The number of ether oxygens (including phenoxy) is 2. The maximum absolute atomic E-state index is 12.0. The molecule has 1 aromatic heterocycles. The molecule has 0 radical (unpaired) electrons. The van der Waals surface area contributed by atoms with E-state index in [1.165, 1.54) is 6.07 Å². The lowest BCUT2D eigenvalue weighted by atomic mass is 10.1. The van der Waals surface area contributed by atoms with Gasteiger partial charge in [0.05, 0.1) is 6.61 Å². The lowest BCUT2D eigenvalue weighted by molar-refractivity contribution is 0.0945. The van der Waals surface area contributed by atoms with E-state index in [-0.39, 0.29) is 5.56 Å². The molecule has 0 fully saturated rings. The molecule has 22 heavy (non-hydrogen) atoms. The van der Waals surface area contributed by atoms with Crippen LogP contribution in [-0.2, 0) is 4.74 Å². The van der Waals surface area contributed by atoms with Gasteiger partial charge in [0.15, 0.2) is 11.3 Å². The Morgan fingerprint density at radius 2 is 2.18 bits per heavy atom. The first kappa shape index (κ1) is 16.0. The normalized spacial score (nSPS) is 10.6. The molecule has 0 aliphatic carbocycles. The van der Waals surface area contributed by atoms with E-state index in [1.54, 1.807) is 25.3 Å². The van der Waals surface area contributed by atoms with Crippen molar-refractivity contribution >= 4 is 16.9 Å². The zero-order valence-corrected chi connectivity index (χ0v) is 12.7. The molecule has 0 spiro atoms. The van der Waals surface area contributed by atoms with Crippen LogP contribution < -0.4 is 15.7 Å². The van der Waals surface area contributed by atoms with Gasteiger partial charge in [-0.1, -0.05) is 12.1 Å². The van der Waals surface area contributed by atoms with Gasteiger partial charge in [-0.2, -0.15) is 0 Å². The maximum atomic E-state index is 12.0. The second-order valence-corrected chi connectivity index (χ2v) is 4.66. The highest BCUT2D eigenvalue weighted by molar-refractivity contribution is 5.97. The van der Waals surface area contributed by atoms with Crippen LogP contribution >= 0.6 is 0 Å². The van der Waals surface area contributed by atoms with Gasteiger partial charge >= 0.3 is 5.63 Å². The van der Waals surface area contributed by atoms with Gasteiger partial charge in [0.1, 0.15) is 5.56 Å². The van der Waals surface area contributed by atoms with Crippen molar-refractivity contribution in [1.29, 1.82) is 0 Å². The molecular weight excluding hydrogens is 286 g/mol. The van der Waals surface area contributed by atoms with E-state index in [1.807, 2.05) is 6.92 Å². The molecule has 1 amide bonds. The maximum Gasteiger partial charge on any atom is 0.349 e. The molecule has 0 aliphatic heterocycles. The van der Waals surface area contributed by atoms with Crippen molar-refractivity contribution in [3.05, 3.63) is 40.2 Å². The van der Waals surface area contributed by atoms with Crippen molar-refractivity contribution < 1.29 is 18.7 Å². The molecule has 2 aromatic rings. The number of benzene rings is 1. The monoisotopic (exact) mass is 305 g/mol. The Morgan fingerprint density at radius 3 is 2.91 bits per heavy atom. The molecule has 0 atom stereocenters. The molecule has 0 saturated heterocycles. The van der Waals surface area contributed by atoms with Crippen molar-refractivity contribution in [2.75, 3.05) is 26.9 Å². The molecule has 2 rings (SSSR count). The molecular formula is C16H19NO5. The fourth-order valence-corrected chi connectivity index (χ4v) is 2.06. The second-order valence-electron chi connectivity index (χ2n) is 4.66. The van der Waals surface area contributed by atoms with Crippen molar-refractivity contribution in [1.82, 2.24) is 5.32 Å². The minimum atomic E-state index is -0.677. The number of nitrogens with one attached hydrogen (secondary N) is 1. The van der Waals surface area contributed by atoms with E-state index < -0.39 is 11.5 Å². The van der Waals surface area contributed by atoms with Gasteiger partial charge in [0.25, 0.3) is 5.91 Å². The Hall–Kier alpha value is -2.34. The number of hydrogen-bond acceptors (Lipinski definition) is 5. The first-order chi connectivity index (χ1) is 10.7. The highest BCUT2D eigenvalue weighted by atomic mass is 16.5. The third-order valence-corrected chi connectivity index (χ3v) is 3.08. The Kier molecular flexibility index (Phi) is 5.55. The summed E-state index contributed by atoms with van der Waals surface area (Å²) in [5.74, 6) is 0.0396. The highest BCUT2D eigenvalue weighted by Crippen LogP contribution is 2.24. The minimum absolute atomic E-state index is 0.0152. The van der Waals surface area contributed by atoms with E-state index in [2.05, 4.69) is 5.32 Å². The molecule has 0 saturated carbocycles. The van der Waals surface area contributed by atoms with Crippen molar-refractivity contribution in [2.45, 2.75) is 13.3 Å². The summed E-state index contributed by atoms with van der Waals surface area (Å²) < 4.78 is 15.6. The van der Waals surface area contributed by atoms with Crippen LogP contribution in [0.15, 0.2) is 33.5 Å². The average molecular weight is 305 g/mol. The largest absolute Gasteiger partial charge is 0.490 e. The predicted octanol–water partition coefficient (Wildman–Crippen LogP) is 1.96. The first-order valence-electron chi connectivity index (χ1n) is 7.14. The van der Waals surface area contributed by atoms with Gasteiger partial charge in [-0.3, -0.25) is 4.79 Å². The van der Waals surface area contributed by atoms with E-state index in [9.17, 15) is 9.59 Å². The Labute approximate surface area is 128 Å². The van der Waals surface area contributed by atoms with Crippen LogP contribution in [-0.4, -0.2) is 32.8 Å². The average Bonchev–Trinajstić information content (AvgIpc) is 2.52. The summed E-state index contributed by atoms with van der Waals surface area (Å²) in [7, 11) is 1.59. The van der Waals surface area contributed by atoms with E-state index in [0.717, 1.165) is 0 Å². The molecule has 1 N–H and O–H groups in total. The third kappa shape index (κ3) is 3.65. The number of para-hydroxylation sites is 1. The Bertz CT molecular complexity index is 707. The molecule has 6 nitrogen and oxygen atoms in total. The van der Waals surface area contributed by atoms with E-state index in [0.29, 0.717) is 42.9 Å². The summed E-state index contributed by atoms with van der Waals surface area (Å²) in [6, 6.07) is 6.80. The zero-order valence-electron chi connectivity index (χ0n) is 12.7. The van der Waals surface area contributed by atoms with Crippen LogP contribution in [0.25, 0.3) is 11.0 Å². The van der Waals surface area contributed by atoms with Crippen molar-refractivity contribution in [3.63, 3.8) is 0 Å². The summed E-state index contributed by atoms with van der Waals surface area (Å²) >= 11 is 0. The molecule has 118 valence electrons. The number of fused-ring (bicyclic) bond motifs is 1. The standard InChI is InChI=1S/C16H19NO5/c1-3-21-13-7-4-6-11-10-12(16(19)22-14(11)13)15(18)17-8-5-9-20-2/h4,6-7,10H,3,5,8-9H2,1-2H3,(H,17,18). The topological polar surface area (TPSA) is 77.8 Å². The summed E-state index contributed by atoms with van der Waals surface area (Å²) in [5, 5.41) is 3.31. The van der Waals surface area contributed by atoms with Gasteiger partial charge in [0.2, 0.25) is 0 Å². The fraction of sp³-hybridized carbons (Fsp3) is 0.375. The second kappa shape index (κ2) is 7.61. The van der Waals surface area contributed by atoms with Crippen LogP contribution in [0.2, 0.25) is 0 Å². The highest BCUT2D eigenvalue weighted by Gasteiger charge is 2.15. The van der Waals surface area contributed by atoms with Crippen molar-refractivity contribution in [3.8, 4) is 5.75 Å². The predicted molar refractivity (Wildman–Crippen MR) is 82.5 cm³/mol. The lowest BCUT2D eigenvalue weighted by Crippen LogP contribution is -2.29. The quantitative estimate of drug-likeness (QED) is 0.625. The van der Waals surface area contributed by atoms with Crippen LogP contribution in [0.3, 0.4) is 0 Å². The van der Waals surface area contributed by atoms with Gasteiger partial charge in [-0.05, 0) is 25.5 Å². The van der Waals surface area contributed by atoms with E-state index >= 15 is 0 Å². The number of carbonyl (C=O) groups excluding carboxylic acids is 1. The Morgan fingerprint density at radius 1 is 1.36 bits per heavy atom. The molecule has 0 bridgehead atoms. The van der Waals surface area contributed by atoms with E-state index in [4.69, 9.17) is 13.9 Å². The van der Waals surface area contributed by atoms with Crippen LogP contribution in [0.1, 0.15) is 23.7 Å². The SMILES string of the molecule is CCOc1cccc2cc(C(=O)NCCCOC)c(=O)oc12. The summed E-state index contributed by atoms with van der Waals surface area (Å²) in [4.78, 5) is 24.1. The fourth-order valence-electron chi connectivity index (χ4n) is 2.06.